The number of carbonyl (C=O) groups is 1. The van der Waals surface area contributed by atoms with Crippen LogP contribution in [0.15, 0.2) is 53.3 Å². The second-order valence-corrected chi connectivity index (χ2v) is 7.32. The number of aryl methyl sites for hydroxylation is 1. The lowest BCUT2D eigenvalue weighted by Gasteiger charge is -2.09. The fourth-order valence-corrected chi connectivity index (χ4v) is 3.59. The summed E-state index contributed by atoms with van der Waals surface area (Å²) in [4.78, 5) is 21.6. The predicted molar refractivity (Wildman–Crippen MR) is 109 cm³/mol. The number of rotatable bonds is 4. The number of nitrogens with zero attached hydrogens (tertiary/aromatic N) is 4. The maximum absolute atomic E-state index is 12.8. The molecule has 4 aromatic rings. The summed E-state index contributed by atoms with van der Waals surface area (Å²) >= 11 is 0. The summed E-state index contributed by atoms with van der Waals surface area (Å²) < 4.78 is 7.12. The monoisotopic (exact) mass is 404 g/mol. The average molecular weight is 404 g/mol. The Morgan fingerprint density at radius 3 is 3.03 bits per heavy atom. The van der Waals surface area contributed by atoms with Crippen molar-refractivity contribution >= 4 is 17.2 Å². The van der Waals surface area contributed by atoms with E-state index in [0.717, 1.165) is 17.5 Å². The zero-order valence-corrected chi connectivity index (χ0v) is 16.2. The van der Waals surface area contributed by atoms with Gasteiger partial charge in [0.25, 0.3) is 5.91 Å². The number of hydrogen-bond acceptors (Lipinski definition) is 7. The van der Waals surface area contributed by atoms with Crippen LogP contribution in [0.3, 0.4) is 0 Å². The van der Waals surface area contributed by atoms with Crippen molar-refractivity contribution in [1.29, 1.82) is 0 Å². The van der Waals surface area contributed by atoms with Gasteiger partial charge in [0.15, 0.2) is 0 Å². The maximum Gasteiger partial charge on any atom is 0.274 e. The molecule has 1 fully saturated rings. The number of aliphatic hydroxyl groups excluding tert-OH is 1. The van der Waals surface area contributed by atoms with Gasteiger partial charge in [0.1, 0.15) is 17.6 Å². The standard InChI is InChI=1S/C21H20N6O3/c1-12-5-6-13(19-25-21(30-26-19)14-7-8-18(28)23-14)10-15(12)24-20(29)16-11-22-17-4-2-3-9-27(16)17/h2-6,9-11,14,18,23,28H,7-8H2,1H3,(H,24,29). The third kappa shape index (κ3) is 3.34. The molecule has 1 aliphatic heterocycles. The van der Waals surface area contributed by atoms with Gasteiger partial charge in [-0.1, -0.05) is 23.4 Å². The van der Waals surface area contributed by atoms with Crippen LogP contribution in [0.1, 0.15) is 40.8 Å². The highest BCUT2D eigenvalue weighted by Crippen LogP contribution is 2.28. The molecule has 0 spiro atoms. The lowest BCUT2D eigenvalue weighted by atomic mass is 10.1. The fraction of sp³-hybridized carbons (Fsp3) is 0.238. The smallest absolute Gasteiger partial charge is 0.274 e. The molecule has 3 aromatic heterocycles. The van der Waals surface area contributed by atoms with Gasteiger partial charge in [0.05, 0.1) is 12.2 Å². The molecule has 1 amide bonds. The van der Waals surface area contributed by atoms with Crippen LogP contribution in [0, 0.1) is 6.92 Å². The molecular weight excluding hydrogens is 384 g/mol. The predicted octanol–water partition coefficient (Wildman–Crippen LogP) is 2.69. The van der Waals surface area contributed by atoms with Crippen LogP contribution >= 0.6 is 0 Å². The molecule has 0 radical (unpaired) electrons. The number of amides is 1. The largest absolute Gasteiger partial charge is 0.379 e. The highest BCUT2D eigenvalue weighted by molar-refractivity contribution is 6.04. The van der Waals surface area contributed by atoms with Crippen molar-refractivity contribution in [3.05, 3.63) is 65.9 Å². The molecule has 3 N–H and O–H groups in total. The SMILES string of the molecule is Cc1ccc(-c2noc(C3CCC(O)N3)n2)cc1NC(=O)c1cnc2ccccn12. The highest BCUT2D eigenvalue weighted by Gasteiger charge is 2.28. The molecule has 2 unspecified atom stereocenters. The first kappa shape index (κ1) is 18.5. The second-order valence-electron chi connectivity index (χ2n) is 7.32. The number of aromatic nitrogens is 4. The number of anilines is 1. The fourth-order valence-electron chi connectivity index (χ4n) is 3.59. The minimum atomic E-state index is -0.550. The van der Waals surface area contributed by atoms with E-state index in [4.69, 9.17) is 4.52 Å². The first-order chi connectivity index (χ1) is 14.6. The lowest BCUT2D eigenvalue weighted by Crippen LogP contribution is -2.23. The average Bonchev–Trinajstić information content (AvgIpc) is 3.48. The molecule has 0 saturated carbocycles. The number of benzene rings is 1. The van der Waals surface area contributed by atoms with Crippen molar-refractivity contribution in [3.63, 3.8) is 0 Å². The Labute approximate surface area is 171 Å². The quantitative estimate of drug-likeness (QED) is 0.479. The zero-order valence-electron chi connectivity index (χ0n) is 16.2. The Bertz CT molecular complexity index is 1230. The van der Waals surface area contributed by atoms with Crippen LogP contribution in [0.25, 0.3) is 17.0 Å². The highest BCUT2D eigenvalue weighted by atomic mass is 16.5. The van der Waals surface area contributed by atoms with Crippen molar-refractivity contribution in [2.75, 3.05) is 5.32 Å². The topological polar surface area (TPSA) is 118 Å². The summed E-state index contributed by atoms with van der Waals surface area (Å²) in [5.74, 6) is 0.615. The van der Waals surface area contributed by atoms with E-state index in [9.17, 15) is 9.90 Å². The van der Waals surface area contributed by atoms with Gasteiger partial charge in [-0.15, -0.1) is 0 Å². The molecule has 30 heavy (non-hydrogen) atoms. The van der Waals surface area contributed by atoms with Crippen molar-refractivity contribution in [3.8, 4) is 11.4 Å². The summed E-state index contributed by atoms with van der Waals surface area (Å²) in [5, 5.41) is 19.7. The molecule has 1 aromatic carbocycles. The minimum Gasteiger partial charge on any atom is -0.379 e. The van der Waals surface area contributed by atoms with Gasteiger partial charge < -0.3 is 14.9 Å². The normalized spacial score (nSPS) is 18.7. The summed E-state index contributed by atoms with van der Waals surface area (Å²) in [6, 6.07) is 11.0. The molecule has 1 aliphatic rings. The van der Waals surface area contributed by atoms with E-state index < -0.39 is 6.23 Å². The Kier molecular flexibility index (Phi) is 4.53. The van der Waals surface area contributed by atoms with E-state index in [0.29, 0.717) is 35.2 Å². The van der Waals surface area contributed by atoms with Crippen molar-refractivity contribution < 1.29 is 14.4 Å². The molecule has 0 aliphatic carbocycles. The van der Waals surface area contributed by atoms with Crippen molar-refractivity contribution in [2.45, 2.75) is 32.0 Å². The van der Waals surface area contributed by atoms with E-state index in [1.54, 1.807) is 16.8 Å². The van der Waals surface area contributed by atoms with Crippen LogP contribution in [-0.4, -0.2) is 36.8 Å². The van der Waals surface area contributed by atoms with Gasteiger partial charge in [-0.3, -0.25) is 14.5 Å². The Balaban J connectivity index is 1.40. The molecular formula is C21H20N6O3. The number of pyridine rings is 1. The number of aliphatic hydroxyl groups is 1. The van der Waals surface area contributed by atoms with Gasteiger partial charge in [0, 0.05) is 17.4 Å². The second kappa shape index (κ2) is 7.36. The molecule has 2 atom stereocenters. The molecule has 152 valence electrons. The van der Waals surface area contributed by atoms with E-state index in [-0.39, 0.29) is 11.9 Å². The Hall–Kier alpha value is -3.56. The van der Waals surface area contributed by atoms with Crippen LogP contribution in [0.2, 0.25) is 0 Å². The van der Waals surface area contributed by atoms with E-state index in [1.165, 1.54) is 0 Å². The molecule has 4 heterocycles. The Morgan fingerprint density at radius 1 is 1.30 bits per heavy atom. The molecule has 0 bridgehead atoms. The number of fused-ring (bicyclic) bond motifs is 1. The summed E-state index contributed by atoms with van der Waals surface area (Å²) in [6.07, 6.45) is 4.18. The van der Waals surface area contributed by atoms with Crippen LogP contribution in [0.5, 0.6) is 0 Å². The minimum absolute atomic E-state index is 0.152. The number of carbonyl (C=O) groups excluding carboxylic acids is 1. The van der Waals surface area contributed by atoms with Crippen molar-refractivity contribution in [2.24, 2.45) is 0 Å². The molecule has 9 heteroatoms. The zero-order chi connectivity index (χ0) is 20.7. The molecule has 9 nitrogen and oxygen atoms in total. The maximum atomic E-state index is 12.8. The lowest BCUT2D eigenvalue weighted by molar-refractivity contribution is 0.102. The van der Waals surface area contributed by atoms with E-state index in [2.05, 4.69) is 25.8 Å². The third-order valence-electron chi connectivity index (χ3n) is 5.26. The number of hydrogen-bond donors (Lipinski definition) is 3. The van der Waals surface area contributed by atoms with E-state index in [1.807, 2.05) is 43.3 Å². The van der Waals surface area contributed by atoms with E-state index >= 15 is 0 Å². The van der Waals surface area contributed by atoms with Gasteiger partial charge in [0.2, 0.25) is 11.7 Å². The van der Waals surface area contributed by atoms with Crippen molar-refractivity contribution in [1.82, 2.24) is 24.8 Å². The van der Waals surface area contributed by atoms with Gasteiger partial charge in [-0.05, 0) is 43.5 Å². The molecule has 5 rings (SSSR count). The third-order valence-corrected chi connectivity index (χ3v) is 5.26. The summed E-state index contributed by atoms with van der Waals surface area (Å²) in [7, 11) is 0. The number of imidazole rings is 1. The van der Waals surface area contributed by atoms with Crippen LogP contribution in [0.4, 0.5) is 5.69 Å². The summed E-state index contributed by atoms with van der Waals surface area (Å²) in [6.45, 7) is 1.92. The van der Waals surface area contributed by atoms with Crippen LogP contribution < -0.4 is 10.6 Å². The van der Waals surface area contributed by atoms with Gasteiger partial charge >= 0.3 is 0 Å². The van der Waals surface area contributed by atoms with Gasteiger partial charge in [-0.2, -0.15) is 4.98 Å². The summed E-state index contributed by atoms with van der Waals surface area (Å²) in [5.41, 5.74) is 3.44. The number of nitrogens with one attached hydrogen (secondary N) is 2. The molecule has 1 saturated heterocycles. The van der Waals surface area contributed by atoms with Gasteiger partial charge in [-0.25, -0.2) is 4.98 Å². The first-order valence-electron chi connectivity index (χ1n) is 9.70. The first-order valence-corrected chi connectivity index (χ1v) is 9.70. The Morgan fingerprint density at radius 2 is 2.20 bits per heavy atom. The van der Waals surface area contributed by atoms with Crippen LogP contribution in [-0.2, 0) is 0 Å².